The SMILES string of the molecule is O=C(CN1CC2C(CNCc3cccc(OC(F)(F)F)c3)C2C1)NC1CCCC1. The fraction of sp³-hybridized carbons (Fsp3) is 0.667. The van der Waals surface area contributed by atoms with E-state index in [4.69, 9.17) is 0 Å². The number of hydrogen-bond acceptors (Lipinski definition) is 4. The minimum Gasteiger partial charge on any atom is -0.406 e. The van der Waals surface area contributed by atoms with Gasteiger partial charge in [0, 0.05) is 25.7 Å². The van der Waals surface area contributed by atoms with Gasteiger partial charge in [-0.1, -0.05) is 25.0 Å². The summed E-state index contributed by atoms with van der Waals surface area (Å²) in [6.45, 7) is 3.78. The molecule has 1 aromatic rings. The van der Waals surface area contributed by atoms with Crippen molar-refractivity contribution in [2.24, 2.45) is 17.8 Å². The van der Waals surface area contributed by atoms with Gasteiger partial charge >= 0.3 is 6.36 Å². The van der Waals surface area contributed by atoms with Gasteiger partial charge in [-0.3, -0.25) is 9.69 Å². The Morgan fingerprint density at radius 2 is 1.90 bits per heavy atom. The molecule has 3 aliphatic rings. The van der Waals surface area contributed by atoms with Crippen molar-refractivity contribution in [3.8, 4) is 5.75 Å². The van der Waals surface area contributed by atoms with E-state index in [-0.39, 0.29) is 11.7 Å². The van der Waals surface area contributed by atoms with Crippen LogP contribution in [0.3, 0.4) is 0 Å². The van der Waals surface area contributed by atoms with Crippen LogP contribution in [0.5, 0.6) is 5.75 Å². The minimum atomic E-state index is -4.67. The van der Waals surface area contributed by atoms with Crippen LogP contribution in [-0.4, -0.2) is 49.4 Å². The molecule has 160 valence electrons. The number of ether oxygens (including phenoxy) is 1. The third-order valence-electron chi connectivity index (χ3n) is 6.38. The number of alkyl halides is 3. The molecule has 0 aromatic heterocycles. The van der Waals surface area contributed by atoms with E-state index < -0.39 is 6.36 Å². The predicted octanol–water partition coefficient (Wildman–Crippen LogP) is 2.91. The summed E-state index contributed by atoms with van der Waals surface area (Å²) in [6, 6.07) is 6.45. The van der Waals surface area contributed by atoms with Crippen molar-refractivity contribution < 1.29 is 22.7 Å². The number of amides is 1. The topological polar surface area (TPSA) is 53.6 Å². The summed E-state index contributed by atoms with van der Waals surface area (Å²) >= 11 is 0. The molecule has 1 aromatic carbocycles. The number of likely N-dealkylation sites (tertiary alicyclic amines) is 1. The van der Waals surface area contributed by atoms with Crippen LogP contribution in [0.1, 0.15) is 31.2 Å². The molecule has 0 spiro atoms. The smallest absolute Gasteiger partial charge is 0.406 e. The maximum absolute atomic E-state index is 12.3. The summed E-state index contributed by atoms with van der Waals surface area (Å²) in [5.74, 6) is 1.81. The standard InChI is InChI=1S/C21H28F3N3O2/c22-21(23,24)29-16-7-3-4-14(8-16)9-25-10-17-18-11-27(12-19(17)18)13-20(28)26-15-5-1-2-6-15/h3-4,7-8,15,17-19,25H,1-2,5-6,9-13H2,(H,26,28). The molecule has 3 fully saturated rings. The van der Waals surface area contributed by atoms with Crippen molar-refractivity contribution >= 4 is 5.91 Å². The van der Waals surface area contributed by atoms with Crippen LogP contribution in [0.25, 0.3) is 0 Å². The molecule has 2 N–H and O–H groups in total. The molecule has 0 bridgehead atoms. The summed E-state index contributed by atoms with van der Waals surface area (Å²) in [5.41, 5.74) is 0.766. The lowest BCUT2D eigenvalue weighted by atomic mass is 10.2. The second-order valence-corrected chi connectivity index (χ2v) is 8.56. The molecule has 1 heterocycles. The zero-order valence-electron chi connectivity index (χ0n) is 16.4. The highest BCUT2D eigenvalue weighted by atomic mass is 19.4. The average Bonchev–Trinajstić information content (AvgIpc) is 3.02. The number of carbonyl (C=O) groups excluding carboxylic acids is 1. The Hall–Kier alpha value is -1.80. The Morgan fingerprint density at radius 3 is 2.59 bits per heavy atom. The molecule has 0 radical (unpaired) electrons. The van der Waals surface area contributed by atoms with E-state index in [1.807, 2.05) is 0 Å². The first-order valence-electron chi connectivity index (χ1n) is 10.4. The third kappa shape index (κ3) is 5.63. The van der Waals surface area contributed by atoms with Crippen LogP contribution in [0.4, 0.5) is 13.2 Å². The number of nitrogens with zero attached hydrogens (tertiary/aromatic N) is 1. The second kappa shape index (κ2) is 8.52. The molecule has 2 aliphatic carbocycles. The molecule has 5 nitrogen and oxygen atoms in total. The minimum absolute atomic E-state index is 0.147. The van der Waals surface area contributed by atoms with Crippen molar-refractivity contribution in [3.63, 3.8) is 0 Å². The van der Waals surface area contributed by atoms with Gasteiger partial charge in [0.25, 0.3) is 0 Å². The summed E-state index contributed by atoms with van der Waals surface area (Å²) in [6.07, 6.45) is -0.0242. The van der Waals surface area contributed by atoms with Crippen LogP contribution >= 0.6 is 0 Å². The highest BCUT2D eigenvalue weighted by Gasteiger charge is 2.55. The number of hydrogen-bond donors (Lipinski definition) is 2. The molecule has 2 saturated carbocycles. The highest BCUT2D eigenvalue weighted by Crippen LogP contribution is 2.51. The molecule has 1 aliphatic heterocycles. The van der Waals surface area contributed by atoms with Gasteiger partial charge in [0.2, 0.25) is 5.91 Å². The van der Waals surface area contributed by atoms with Gasteiger partial charge < -0.3 is 15.4 Å². The number of nitrogens with one attached hydrogen (secondary N) is 2. The monoisotopic (exact) mass is 411 g/mol. The van der Waals surface area contributed by atoms with E-state index in [0.717, 1.165) is 38.0 Å². The predicted molar refractivity (Wildman–Crippen MR) is 102 cm³/mol. The van der Waals surface area contributed by atoms with E-state index in [2.05, 4.69) is 20.3 Å². The maximum atomic E-state index is 12.3. The Kier molecular flexibility index (Phi) is 6.01. The number of benzene rings is 1. The second-order valence-electron chi connectivity index (χ2n) is 8.56. The summed E-state index contributed by atoms with van der Waals surface area (Å²) < 4.78 is 40.9. The fourth-order valence-electron chi connectivity index (χ4n) is 4.95. The molecule has 8 heteroatoms. The van der Waals surface area contributed by atoms with Gasteiger partial charge in [-0.15, -0.1) is 13.2 Å². The first kappa shape index (κ1) is 20.5. The molecule has 2 unspecified atom stereocenters. The molecule has 2 atom stereocenters. The Labute approximate surface area is 169 Å². The first-order chi connectivity index (χ1) is 13.9. The summed E-state index contributed by atoms with van der Waals surface area (Å²) in [7, 11) is 0. The Balaban J connectivity index is 1.13. The normalized spacial score (nSPS) is 27.1. The van der Waals surface area contributed by atoms with E-state index >= 15 is 0 Å². The molecule has 4 rings (SSSR count). The average molecular weight is 411 g/mol. The van der Waals surface area contributed by atoms with E-state index in [9.17, 15) is 18.0 Å². The fourth-order valence-corrected chi connectivity index (χ4v) is 4.95. The Morgan fingerprint density at radius 1 is 1.17 bits per heavy atom. The van der Waals surface area contributed by atoms with Gasteiger partial charge in [0.05, 0.1) is 6.54 Å². The quantitative estimate of drug-likeness (QED) is 0.691. The zero-order chi connectivity index (χ0) is 20.4. The number of carbonyl (C=O) groups is 1. The molecule has 29 heavy (non-hydrogen) atoms. The third-order valence-corrected chi connectivity index (χ3v) is 6.38. The van der Waals surface area contributed by atoms with Crippen LogP contribution in [0, 0.1) is 17.8 Å². The van der Waals surface area contributed by atoms with Crippen molar-refractivity contribution in [3.05, 3.63) is 29.8 Å². The van der Waals surface area contributed by atoms with Gasteiger partial charge in [0.15, 0.2) is 0 Å². The summed E-state index contributed by atoms with van der Waals surface area (Å²) in [4.78, 5) is 14.4. The van der Waals surface area contributed by atoms with Crippen LogP contribution in [0.15, 0.2) is 24.3 Å². The molecular weight excluding hydrogens is 383 g/mol. The number of halogens is 3. The lowest BCUT2D eigenvalue weighted by Gasteiger charge is -2.20. The first-order valence-corrected chi connectivity index (χ1v) is 10.4. The lowest BCUT2D eigenvalue weighted by molar-refractivity contribution is -0.274. The molecular formula is C21H28F3N3O2. The number of piperidine rings is 1. The van der Waals surface area contributed by atoms with E-state index in [1.54, 1.807) is 12.1 Å². The van der Waals surface area contributed by atoms with Gasteiger partial charge in [-0.05, 0) is 54.8 Å². The number of rotatable bonds is 8. The maximum Gasteiger partial charge on any atom is 0.573 e. The van der Waals surface area contributed by atoms with Crippen LogP contribution < -0.4 is 15.4 Å². The van der Waals surface area contributed by atoms with Crippen LogP contribution in [0.2, 0.25) is 0 Å². The van der Waals surface area contributed by atoms with Crippen molar-refractivity contribution in [2.75, 3.05) is 26.2 Å². The van der Waals surface area contributed by atoms with E-state index in [0.29, 0.717) is 36.9 Å². The van der Waals surface area contributed by atoms with Gasteiger partial charge in [-0.2, -0.15) is 0 Å². The molecule has 1 saturated heterocycles. The number of fused-ring (bicyclic) bond motifs is 1. The van der Waals surface area contributed by atoms with Gasteiger partial charge in [0.1, 0.15) is 5.75 Å². The van der Waals surface area contributed by atoms with Crippen molar-refractivity contribution in [1.29, 1.82) is 0 Å². The van der Waals surface area contributed by atoms with Gasteiger partial charge in [-0.25, -0.2) is 0 Å². The zero-order valence-corrected chi connectivity index (χ0v) is 16.4. The van der Waals surface area contributed by atoms with Crippen molar-refractivity contribution in [1.82, 2.24) is 15.5 Å². The summed E-state index contributed by atoms with van der Waals surface area (Å²) in [5, 5.41) is 6.50. The van der Waals surface area contributed by atoms with E-state index in [1.165, 1.54) is 25.0 Å². The Bertz CT molecular complexity index is 709. The molecule has 1 amide bonds. The van der Waals surface area contributed by atoms with Crippen LogP contribution in [-0.2, 0) is 11.3 Å². The lowest BCUT2D eigenvalue weighted by Crippen LogP contribution is -2.41. The largest absolute Gasteiger partial charge is 0.573 e. The highest BCUT2D eigenvalue weighted by molar-refractivity contribution is 5.78. The van der Waals surface area contributed by atoms with Crippen molar-refractivity contribution in [2.45, 2.75) is 44.6 Å².